The van der Waals surface area contributed by atoms with Crippen molar-refractivity contribution in [3.63, 3.8) is 0 Å². The van der Waals surface area contributed by atoms with Crippen molar-refractivity contribution in [1.82, 2.24) is 0 Å². The summed E-state index contributed by atoms with van der Waals surface area (Å²) in [6.07, 6.45) is 1.86. The number of benzene rings is 4. The second-order valence-electron chi connectivity index (χ2n) is 7.79. The molecule has 0 spiro atoms. The summed E-state index contributed by atoms with van der Waals surface area (Å²) in [5.74, 6) is 0.0467. The molecule has 1 N–H and O–H groups in total. The van der Waals surface area contributed by atoms with Gasteiger partial charge >= 0.3 is 0 Å². The lowest BCUT2D eigenvalue weighted by Gasteiger charge is -2.07. The van der Waals surface area contributed by atoms with Crippen LogP contribution >= 0.6 is 11.8 Å². The SMILES string of the molecule is CC(=N)c1ccc(CCc2ccc(C(=O)c3ccc(Sc4ccccc4)cc3)cc2)cc1. The number of hydrogen-bond donors (Lipinski definition) is 1. The van der Waals surface area contributed by atoms with E-state index >= 15 is 0 Å². The predicted octanol–water partition coefficient (Wildman–Crippen LogP) is 7.24. The van der Waals surface area contributed by atoms with Crippen LogP contribution in [0.5, 0.6) is 0 Å². The van der Waals surface area contributed by atoms with Crippen molar-refractivity contribution in [2.24, 2.45) is 0 Å². The fraction of sp³-hybridized carbons (Fsp3) is 0.103. The maximum atomic E-state index is 12.9. The van der Waals surface area contributed by atoms with Gasteiger partial charge in [-0.05, 0) is 72.9 Å². The van der Waals surface area contributed by atoms with Crippen LogP contribution < -0.4 is 0 Å². The van der Waals surface area contributed by atoms with Gasteiger partial charge in [0.2, 0.25) is 0 Å². The lowest BCUT2D eigenvalue weighted by Crippen LogP contribution is -2.01. The standard InChI is InChI=1S/C29H25NOS/c1-21(30)24-13-9-22(10-14-24)7-8-23-11-15-25(16-12-23)29(31)26-17-19-28(20-18-26)32-27-5-3-2-4-6-27/h2-6,9-20,30H,7-8H2,1H3. The van der Waals surface area contributed by atoms with Gasteiger partial charge in [0.1, 0.15) is 0 Å². The zero-order valence-electron chi connectivity index (χ0n) is 18.0. The summed E-state index contributed by atoms with van der Waals surface area (Å²) >= 11 is 1.69. The first kappa shape index (κ1) is 21.8. The summed E-state index contributed by atoms with van der Waals surface area (Å²) in [7, 11) is 0. The summed E-state index contributed by atoms with van der Waals surface area (Å²) in [6, 6.07) is 34.2. The van der Waals surface area contributed by atoms with Gasteiger partial charge < -0.3 is 5.41 Å². The van der Waals surface area contributed by atoms with Gasteiger partial charge in [-0.25, -0.2) is 0 Å². The molecule has 0 bridgehead atoms. The molecule has 0 aliphatic carbocycles. The number of nitrogens with one attached hydrogen (secondary N) is 1. The van der Waals surface area contributed by atoms with Crippen molar-refractivity contribution in [2.75, 3.05) is 0 Å². The third-order valence-electron chi connectivity index (χ3n) is 5.40. The van der Waals surface area contributed by atoms with Crippen molar-refractivity contribution in [3.05, 3.63) is 131 Å². The third-order valence-corrected chi connectivity index (χ3v) is 6.42. The number of ketones is 1. The molecule has 4 rings (SSSR count). The zero-order valence-corrected chi connectivity index (χ0v) is 18.9. The van der Waals surface area contributed by atoms with Crippen molar-refractivity contribution >= 4 is 23.3 Å². The number of aryl methyl sites for hydroxylation is 2. The van der Waals surface area contributed by atoms with Crippen LogP contribution in [0.2, 0.25) is 0 Å². The molecule has 0 atom stereocenters. The maximum Gasteiger partial charge on any atom is 0.193 e. The van der Waals surface area contributed by atoms with Gasteiger partial charge in [0, 0.05) is 26.6 Å². The van der Waals surface area contributed by atoms with E-state index in [1.165, 1.54) is 16.0 Å². The van der Waals surface area contributed by atoms with Crippen molar-refractivity contribution in [1.29, 1.82) is 5.41 Å². The first-order valence-electron chi connectivity index (χ1n) is 10.7. The van der Waals surface area contributed by atoms with Gasteiger partial charge in [-0.15, -0.1) is 0 Å². The van der Waals surface area contributed by atoms with Crippen molar-refractivity contribution < 1.29 is 4.79 Å². The molecule has 0 unspecified atom stereocenters. The second kappa shape index (κ2) is 10.3. The maximum absolute atomic E-state index is 12.9. The van der Waals surface area contributed by atoms with Crippen LogP contribution in [0, 0.1) is 5.41 Å². The average molecular weight is 436 g/mol. The van der Waals surface area contributed by atoms with E-state index in [4.69, 9.17) is 5.41 Å². The van der Waals surface area contributed by atoms with Crippen LogP contribution in [-0.2, 0) is 12.8 Å². The Balaban J connectivity index is 1.35. The minimum absolute atomic E-state index is 0.0467. The van der Waals surface area contributed by atoms with Crippen LogP contribution in [0.4, 0.5) is 0 Å². The molecule has 4 aromatic rings. The molecule has 0 radical (unpaired) electrons. The zero-order chi connectivity index (χ0) is 22.3. The summed E-state index contributed by atoms with van der Waals surface area (Å²) in [6.45, 7) is 1.80. The highest BCUT2D eigenvalue weighted by molar-refractivity contribution is 7.99. The lowest BCUT2D eigenvalue weighted by atomic mass is 9.99. The van der Waals surface area contributed by atoms with Crippen molar-refractivity contribution in [3.8, 4) is 0 Å². The van der Waals surface area contributed by atoms with Crippen LogP contribution in [0.1, 0.15) is 39.5 Å². The molecule has 4 aromatic carbocycles. The molecule has 0 aliphatic heterocycles. The topological polar surface area (TPSA) is 40.9 Å². The number of hydrogen-bond acceptors (Lipinski definition) is 3. The van der Waals surface area contributed by atoms with Gasteiger partial charge in [0.15, 0.2) is 5.78 Å². The minimum atomic E-state index is 0.0467. The number of rotatable bonds is 8. The monoisotopic (exact) mass is 435 g/mol. The Bertz CT molecular complexity index is 1200. The molecular formula is C29H25NOS. The van der Waals surface area contributed by atoms with E-state index in [9.17, 15) is 4.79 Å². The summed E-state index contributed by atoms with van der Waals surface area (Å²) in [5, 5.41) is 7.69. The van der Waals surface area contributed by atoms with E-state index in [2.05, 4.69) is 24.3 Å². The first-order valence-corrected chi connectivity index (χ1v) is 11.5. The van der Waals surface area contributed by atoms with Crippen LogP contribution in [0.25, 0.3) is 0 Å². The molecule has 2 nitrogen and oxygen atoms in total. The van der Waals surface area contributed by atoms with Crippen LogP contribution in [-0.4, -0.2) is 11.5 Å². The van der Waals surface area contributed by atoms with E-state index in [0.29, 0.717) is 16.8 Å². The molecule has 0 amide bonds. The largest absolute Gasteiger partial charge is 0.305 e. The van der Waals surface area contributed by atoms with E-state index in [1.54, 1.807) is 18.7 Å². The second-order valence-corrected chi connectivity index (χ2v) is 8.93. The Kier molecular flexibility index (Phi) is 6.98. The molecule has 32 heavy (non-hydrogen) atoms. The van der Waals surface area contributed by atoms with E-state index < -0.39 is 0 Å². The van der Waals surface area contributed by atoms with Gasteiger partial charge in [-0.1, -0.05) is 78.5 Å². The molecule has 0 saturated heterocycles. The molecule has 0 aromatic heterocycles. The normalized spacial score (nSPS) is 10.7. The minimum Gasteiger partial charge on any atom is -0.305 e. The highest BCUT2D eigenvalue weighted by Crippen LogP contribution is 2.27. The fourth-order valence-corrected chi connectivity index (χ4v) is 4.34. The Labute approximate surface area is 193 Å². The molecule has 0 fully saturated rings. The molecule has 0 heterocycles. The molecule has 0 saturated carbocycles. The number of carbonyl (C=O) groups excluding carboxylic acids is 1. The third kappa shape index (κ3) is 5.63. The molecule has 158 valence electrons. The van der Waals surface area contributed by atoms with Gasteiger partial charge in [0.05, 0.1) is 0 Å². The Morgan fingerprint density at radius 1 is 0.625 bits per heavy atom. The highest BCUT2D eigenvalue weighted by Gasteiger charge is 2.09. The summed E-state index contributed by atoms with van der Waals surface area (Å²) in [4.78, 5) is 15.2. The van der Waals surface area contributed by atoms with E-state index in [0.717, 1.165) is 23.3 Å². The molecular weight excluding hydrogens is 410 g/mol. The predicted molar refractivity (Wildman–Crippen MR) is 133 cm³/mol. The van der Waals surface area contributed by atoms with Gasteiger partial charge in [0.25, 0.3) is 0 Å². The lowest BCUT2D eigenvalue weighted by molar-refractivity contribution is 0.103. The average Bonchev–Trinajstić information content (AvgIpc) is 2.84. The summed E-state index contributed by atoms with van der Waals surface area (Å²) in [5.41, 5.74) is 5.43. The van der Waals surface area contributed by atoms with Crippen LogP contribution in [0.15, 0.2) is 113 Å². The van der Waals surface area contributed by atoms with E-state index in [-0.39, 0.29) is 5.78 Å². The van der Waals surface area contributed by atoms with Gasteiger partial charge in [-0.3, -0.25) is 4.79 Å². The summed E-state index contributed by atoms with van der Waals surface area (Å²) < 4.78 is 0. The molecule has 0 aliphatic rings. The Morgan fingerprint density at radius 2 is 1.06 bits per heavy atom. The fourth-order valence-electron chi connectivity index (χ4n) is 3.50. The Hall–Kier alpha value is -3.43. The van der Waals surface area contributed by atoms with E-state index in [1.807, 2.05) is 78.9 Å². The van der Waals surface area contributed by atoms with Crippen molar-refractivity contribution in [2.45, 2.75) is 29.6 Å². The highest BCUT2D eigenvalue weighted by atomic mass is 32.2. The smallest absolute Gasteiger partial charge is 0.193 e. The molecule has 3 heteroatoms. The van der Waals surface area contributed by atoms with Gasteiger partial charge in [-0.2, -0.15) is 0 Å². The Morgan fingerprint density at radius 3 is 1.56 bits per heavy atom. The quantitative estimate of drug-likeness (QED) is 0.234. The number of carbonyl (C=O) groups is 1. The van der Waals surface area contributed by atoms with Crippen LogP contribution in [0.3, 0.4) is 0 Å². The first-order chi connectivity index (χ1) is 15.6.